The molecule has 0 spiro atoms. The smallest absolute Gasteiger partial charge is 0.215 e. The zero-order valence-electron chi connectivity index (χ0n) is 17.2. The summed E-state index contributed by atoms with van der Waals surface area (Å²) in [5, 5.41) is 7.81. The van der Waals surface area contributed by atoms with Gasteiger partial charge >= 0.3 is 0 Å². The second kappa shape index (κ2) is 8.11. The van der Waals surface area contributed by atoms with Crippen molar-refractivity contribution in [3.05, 3.63) is 59.1 Å². The number of hydrogen-bond donors (Lipinski definition) is 1. The average molecular weight is 450 g/mol. The Hall–Kier alpha value is -2.26. The Morgan fingerprint density at radius 3 is 2.37 bits per heavy atom. The molecule has 2 aromatic rings. The van der Waals surface area contributed by atoms with Crippen LogP contribution >= 0.6 is 11.6 Å². The van der Waals surface area contributed by atoms with Crippen molar-refractivity contribution in [2.75, 3.05) is 12.1 Å². The molecule has 0 saturated carbocycles. The van der Waals surface area contributed by atoms with Crippen molar-refractivity contribution in [1.82, 2.24) is 0 Å². The fraction of sp³-hybridized carbons (Fsp3) is 0.333. The molecule has 0 radical (unpaired) electrons. The summed E-state index contributed by atoms with van der Waals surface area (Å²) in [7, 11) is -2.77. The standard InChI is InChI=1S/C21H23ClN3.H2O4S/c1-14-13-17(23-25(14)19-12-8-6-10-16(19)22)20-21(2,3)15-9-5-7-11-18(15)24(20)4;1-5(2,3)4/h5-12,14H,13H2,1-4H3;(H2,1,2,3,4)/q+1;/p-1. The number of fused-ring (bicyclic) bond motifs is 1. The summed E-state index contributed by atoms with van der Waals surface area (Å²) in [5.41, 5.74) is 5.99. The first-order valence-corrected chi connectivity index (χ1v) is 11.2. The average Bonchev–Trinajstić information content (AvgIpc) is 3.10. The Morgan fingerprint density at radius 2 is 1.77 bits per heavy atom. The second-order valence-electron chi connectivity index (χ2n) is 7.87. The van der Waals surface area contributed by atoms with Gasteiger partial charge in [0, 0.05) is 18.1 Å². The molecule has 2 aliphatic heterocycles. The summed E-state index contributed by atoms with van der Waals surface area (Å²) in [6.07, 6.45) is 0.919. The molecule has 7 nitrogen and oxygen atoms in total. The Balaban J connectivity index is 0.000000461. The summed E-state index contributed by atoms with van der Waals surface area (Å²) < 4.78 is 35.1. The summed E-state index contributed by atoms with van der Waals surface area (Å²) in [5.74, 6) is 0. The van der Waals surface area contributed by atoms with E-state index in [2.05, 4.69) is 61.7 Å². The summed E-state index contributed by atoms with van der Waals surface area (Å²) in [6, 6.07) is 16.8. The third kappa shape index (κ3) is 4.41. The number of halogens is 1. The molecule has 0 aromatic heterocycles. The number of benzene rings is 2. The maximum Gasteiger partial charge on any atom is 0.215 e. The van der Waals surface area contributed by atoms with E-state index >= 15 is 0 Å². The fourth-order valence-corrected chi connectivity index (χ4v) is 4.45. The van der Waals surface area contributed by atoms with Crippen LogP contribution in [-0.4, -0.2) is 46.6 Å². The number of hydrogen-bond acceptors (Lipinski definition) is 5. The van der Waals surface area contributed by atoms with Gasteiger partial charge < -0.3 is 4.55 Å². The van der Waals surface area contributed by atoms with Gasteiger partial charge in [-0.1, -0.05) is 41.9 Å². The minimum Gasteiger partial charge on any atom is -0.726 e. The first kappa shape index (κ1) is 22.4. The van der Waals surface area contributed by atoms with Crippen LogP contribution in [0.1, 0.15) is 32.8 Å². The highest BCUT2D eigenvalue weighted by Crippen LogP contribution is 2.41. The van der Waals surface area contributed by atoms with E-state index in [0.29, 0.717) is 0 Å². The maximum absolute atomic E-state index is 8.63. The van der Waals surface area contributed by atoms with E-state index in [1.165, 1.54) is 17.0 Å². The fourth-order valence-electron chi connectivity index (χ4n) is 4.22. The normalized spacial score (nSPS) is 19.9. The summed E-state index contributed by atoms with van der Waals surface area (Å²) in [4.78, 5) is 0. The molecule has 1 atom stereocenters. The van der Waals surface area contributed by atoms with Crippen LogP contribution in [0.4, 0.5) is 11.4 Å². The van der Waals surface area contributed by atoms with Gasteiger partial charge in [0.1, 0.15) is 12.8 Å². The van der Waals surface area contributed by atoms with Crippen molar-refractivity contribution in [3.8, 4) is 0 Å². The summed E-state index contributed by atoms with van der Waals surface area (Å²) in [6.45, 7) is 6.78. The van der Waals surface area contributed by atoms with E-state index in [4.69, 9.17) is 34.2 Å². The van der Waals surface area contributed by atoms with Gasteiger partial charge in [0.15, 0.2) is 0 Å². The molecule has 160 valence electrons. The molecule has 0 fully saturated rings. The molecule has 0 aliphatic carbocycles. The number of hydrazone groups is 1. The third-order valence-corrected chi connectivity index (χ3v) is 5.69. The highest BCUT2D eigenvalue weighted by molar-refractivity contribution is 7.79. The first-order valence-electron chi connectivity index (χ1n) is 9.42. The highest BCUT2D eigenvalue weighted by atomic mass is 35.5. The van der Waals surface area contributed by atoms with Gasteiger partial charge in [-0.15, -0.1) is 0 Å². The number of para-hydroxylation sites is 2. The minimum atomic E-state index is -4.92. The highest BCUT2D eigenvalue weighted by Gasteiger charge is 2.48. The van der Waals surface area contributed by atoms with E-state index in [1.807, 2.05) is 24.3 Å². The van der Waals surface area contributed by atoms with Crippen LogP contribution in [0, 0.1) is 0 Å². The molecule has 2 aromatic carbocycles. The van der Waals surface area contributed by atoms with Crippen LogP contribution in [0.25, 0.3) is 0 Å². The van der Waals surface area contributed by atoms with Crippen LogP contribution < -0.4 is 5.01 Å². The molecule has 1 unspecified atom stereocenters. The van der Waals surface area contributed by atoms with Crippen LogP contribution in [0.5, 0.6) is 0 Å². The number of anilines is 1. The SMILES string of the molecule is CC1CC(C2=[N+](C)c3ccccc3C2(C)C)=NN1c1ccccc1Cl.O=S(=O)([O-])O. The molecule has 0 amide bonds. The van der Waals surface area contributed by atoms with Crippen LogP contribution in [0.2, 0.25) is 5.02 Å². The molecule has 9 heteroatoms. The molecule has 30 heavy (non-hydrogen) atoms. The predicted octanol–water partition coefficient (Wildman–Crippen LogP) is 4.01. The van der Waals surface area contributed by atoms with E-state index in [0.717, 1.165) is 22.8 Å². The van der Waals surface area contributed by atoms with Crippen molar-refractivity contribution in [2.45, 2.75) is 38.6 Å². The van der Waals surface area contributed by atoms with Gasteiger partial charge in [0.2, 0.25) is 21.8 Å². The predicted molar refractivity (Wildman–Crippen MR) is 118 cm³/mol. The lowest BCUT2D eigenvalue weighted by Crippen LogP contribution is -2.35. The Kier molecular flexibility index (Phi) is 6.06. The molecule has 1 N–H and O–H groups in total. The van der Waals surface area contributed by atoms with Crippen LogP contribution in [0.3, 0.4) is 0 Å². The van der Waals surface area contributed by atoms with Crippen LogP contribution in [0.15, 0.2) is 53.6 Å². The molecular formula is C21H24ClN3O4S. The monoisotopic (exact) mass is 449 g/mol. The van der Waals surface area contributed by atoms with Crippen molar-refractivity contribution in [1.29, 1.82) is 0 Å². The van der Waals surface area contributed by atoms with Crippen molar-refractivity contribution in [3.63, 3.8) is 0 Å². The molecule has 4 rings (SSSR count). The zero-order valence-corrected chi connectivity index (χ0v) is 18.8. The van der Waals surface area contributed by atoms with E-state index in [1.54, 1.807) is 0 Å². The lowest BCUT2D eigenvalue weighted by molar-refractivity contribution is -0.400. The first-order chi connectivity index (χ1) is 13.9. The summed E-state index contributed by atoms with van der Waals surface area (Å²) >= 11 is 6.41. The van der Waals surface area contributed by atoms with Gasteiger partial charge in [0.25, 0.3) is 0 Å². The van der Waals surface area contributed by atoms with Gasteiger partial charge in [-0.05, 0) is 32.9 Å². The lowest BCUT2D eigenvalue weighted by atomic mass is 9.79. The molecule has 2 heterocycles. The molecule has 0 saturated heterocycles. The maximum atomic E-state index is 8.63. The topological polar surface area (TPSA) is 96.0 Å². The largest absolute Gasteiger partial charge is 0.726 e. The molecule has 0 bridgehead atoms. The van der Waals surface area contributed by atoms with Crippen molar-refractivity contribution >= 4 is 44.8 Å². The van der Waals surface area contributed by atoms with Gasteiger partial charge in [-0.2, -0.15) is 9.68 Å². The third-order valence-electron chi connectivity index (χ3n) is 5.37. The van der Waals surface area contributed by atoms with E-state index < -0.39 is 10.4 Å². The Labute approximate surface area is 181 Å². The quantitative estimate of drug-likeness (QED) is 0.424. The Bertz CT molecular complexity index is 1130. The lowest BCUT2D eigenvalue weighted by Gasteiger charge is -2.20. The van der Waals surface area contributed by atoms with Crippen LogP contribution in [-0.2, 0) is 15.8 Å². The van der Waals surface area contributed by atoms with Crippen molar-refractivity contribution in [2.24, 2.45) is 5.10 Å². The Morgan fingerprint density at radius 1 is 1.20 bits per heavy atom. The number of rotatable bonds is 2. The number of nitrogens with zero attached hydrogens (tertiary/aromatic N) is 3. The zero-order chi connectivity index (χ0) is 22.3. The van der Waals surface area contributed by atoms with Gasteiger partial charge in [0.05, 0.1) is 22.2 Å². The van der Waals surface area contributed by atoms with Gasteiger partial charge in [-0.3, -0.25) is 9.56 Å². The minimum absolute atomic E-state index is 0.0552. The second-order valence-corrected chi connectivity index (χ2v) is 9.14. The van der Waals surface area contributed by atoms with Crippen molar-refractivity contribution < 1.29 is 22.1 Å². The molecule has 2 aliphatic rings. The van der Waals surface area contributed by atoms with E-state index in [-0.39, 0.29) is 11.5 Å². The van der Waals surface area contributed by atoms with E-state index in [9.17, 15) is 0 Å². The molecular weight excluding hydrogens is 426 g/mol. The van der Waals surface area contributed by atoms with Gasteiger partial charge in [-0.25, -0.2) is 8.42 Å².